The minimum atomic E-state index is -1.38. The third-order valence-electron chi connectivity index (χ3n) is 0.993. The summed E-state index contributed by atoms with van der Waals surface area (Å²) in [4.78, 5) is 2.95. The number of nitrogens with one attached hydrogen (secondary N) is 1. The van der Waals surface area contributed by atoms with Crippen LogP contribution in [0, 0.1) is 0 Å². The zero-order chi connectivity index (χ0) is 7.61. The molecular weight excluding hydrogens is 142 g/mol. The minimum absolute atomic E-state index is 0.958. The van der Waals surface area contributed by atoms with Crippen molar-refractivity contribution in [3.05, 3.63) is 18.5 Å². The zero-order valence-corrected chi connectivity index (χ0v) is 7.64. The number of rotatable bonds is 2. The van der Waals surface area contributed by atoms with Gasteiger partial charge in [0, 0.05) is 12.4 Å². The average molecular weight is 155 g/mol. The lowest BCUT2D eigenvalue weighted by atomic mass is 10.6. The predicted molar refractivity (Wildman–Crippen MR) is 44.8 cm³/mol. The van der Waals surface area contributed by atoms with E-state index in [0.29, 0.717) is 0 Å². The van der Waals surface area contributed by atoms with Gasteiger partial charge in [0.2, 0.25) is 8.32 Å². The number of H-pyrrole nitrogens is 1. The summed E-state index contributed by atoms with van der Waals surface area (Å²) in [5.74, 6) is 0.958. The molecule has 0 spiro atoms. The molecule has 0 aliphatic heterocycles. The highest BCUT2D eigenvalue weighted by molar-refractivity contribution is 6.70. The lowest BCUT2D eigenvalue weighted by molar-refractivity contribution is 0.558. The SMILES string of the molecule is C[Si](C)(C)Oc1cc[nH]c1. The van der Waals surface area contributed by atoms with Crippen LogP contribution in [0.5, 0.6) is 5.75 Å². The van der Waals surface area contributed by atoms with Gasteiger partial charge in [-0.25, -0.2) is 0 Å². The number of aromatic nitrogens is 1. The van der Waals surface area contributed by atoms with Crippen molar-refractivity contribution >= 4 is 8.32 Å². The van der Waals surface area contributed by atoms with Crippen molar-refractivity contribution in [1.82, 2.24) is 4.98 Å². The zero-order valence-electron chi connectivity index (χ0n) is 6.64. The standard InChI is InChI=1S/C7H13NOSi/c1-10(2,3)9-7-4-5-8-6-7/h4-6,8H,1-3H3. The fourth-order valence-corrected chi connectivity index (χ4v) is 1.56. The molecule has 0 saturated carbocycles. The van der Waals surface area contributed by atoms with Crippen LogP contribution in [-0.2, 0) is 0 Å². The second-order valence-electron chi connectivity index (χ2n) is 3.26. The van der Waals surface area contributed by atoms with E-state index in [1.54, 1.807) is 0 Å². The molecule has 0 atom stereocenters. The largest absolute Gasteiger partial charge is 0.543 e. The minimum Gasteiger partial charge on any atom is -0.543 e. The molecule has 10 heavy (non-hydrogen) atoms. The molecule has 1 aromatic heterocycles. The van der Waals surface area contributed by atoms with Crippen LogP contribution < -0.4 is 4.43 Å². The fraction of sp³-hybridized carbons (Fsp3) is 0.429. The van der Waals surface area contributed by atoms with Gasteiger partial charge in [0.1, 0.15) is 5.75 Å². The van der Waals surface area contributed by atoms with Gasteiger partial charge in [0.25, 0.3) is 0 Å². The Morgan fingerprint density at radius 3 is 2.50 bits per heavy atom. The van der Waals surface area contributed by atoms with Gasteiger partial charge in [0.15, 0.2) is 0 Å². The lowest BCUT2D eigenvalue weighted by Crippen LogP contribution is -2.28. The fourth-order valence-electron chi connectivity index (χ4n) is 0.726. The van der Waals surface area contributed by atoms with Crippen molar-refractivity contribution in [3.8, 4) is 5.75 Å². The molecule has 1 N–H and O–H groups in total. The van der Waals surface area contributed by atoms with Crippen LogP contribution in [0.3, 0.4) is 0 Å². The second kappa shape index (κ2) is 2.50. The molecule has 1 heterocycles. The third-order valence-corrected chi connectivity index (χ3v) is 1.84. The van der Waals surface area contributed by atoms with Crippen LogP contribution in [0.15, 0.2) is 18.5 Å². The molecule has 0 aromatic carbocycles. The van der Waals surface area contributed by atoms with E-state index < -0.39 is 8.32 Å². The Bertz CT molecular complexity index is 188. The quantitative estimate of drug-likeness (QED) is 0.651. The molecule has 0 unspecified atom stereocenters. The third kappa shape index (κ3) is 2.27. The van der Waals surface area contributed by atoms with E-state index in [9.17, 15) is 0 Å². The molecule has 56 valence electrons. The van der Waals surface area contributed by atoms with Gasteiger partial charge in [-0.3, -0.25) is 0 Å². The molecule has 0 saturated heterocycles. The van der Waals surface area contributed by atoms with Gasteiger partial charge in [0.05, 0.1) is 0 Å². The Kier molecular flexibility index (Phi) is 1.85. The van der Waals surface area contributed by atoms with Crippen LogP contribution in [0.25, 0.3) is 0 Å². The van der Waals surface area contributed by atoms with Gasteiger partial charge in [-0.05, 0) is 25.7 Å². The van der Waals surface area contributed by atoms with E-state index in [-0.39, 0.29) is 0 Å². The van der Waals surface area contributed by atoms with Crippen molar-refractivity contribution in [3.63, 3.8) is 0 Å². The van der Waals surface area contributed by atoms with Gasteiger partial charge in [-0.15, -0.1) is 0 Å². The van der Waals surface area contributed by atoms with Crippen molar-refractivity contribution in [2.75, 3.05) is 0 Å². The van der Waals surface area contributed by atoms with Crippen LogP contribution in [-0.4, -0.2) is 13.3 Å². The smallest absolute Gasteiger partial charge is 0.242 e. The highest BCUT2D eigenvalue weighted by Gasteiger charge is 2.15. The van der Waals surface area contributed by atoms with Gasteiger partial charge in [-0.2, -0.15) is 0 Å². The van der Waals surface area contributed by atoms with Crippen molar-refractivity contribution < 1.29 is 4.43 Å². The highest BCUT2D eigenvalue weighted by Crippen LogP contribution is 2.13. The monoisotopic (exact) mass is 155 g/mol. The predicted octanol–water partition coefficient (Wildman–Crippen LogP) is 2.23. The highest BCUT2D eigenvalue weighted by atomic mass is 28.4. The van der Waals surface area contributed by atoms with Crippen molar-refractivity contribution in [1.29, 1.82) is 0 Å². The normalized spacial score (nSPS) is 11.5. The summed E-state index contributed by atoms with van der Waals surface area (Å²) in [5, 5.41) is 0. The Morgan fingerprint density at radius 1 is 1.40 bits per heavy atom. The number of hydrogen-bond donors (Lipinski definition) is 1. The van der Waals surface area contributed by atoms with E-state index in [0.717, 1.165) is 5.75 Å². The maximum atomic E-state index is 5.65. The molecule has 0 radical (unpaired) electrons. The van der Waals surface area contributed by atoms with Crippen LogP contribution in [0.4, 0.5) is 0 Å². The Labute approximate surface area is 62.4 Å². The molecule has 1 aromatic rings. The van der Waals surface area contributed by atoms with Gasteiger partial charge in [-0.1, -0.05) is 0 Å². The molecule has 0 aliphatic rings. The first-order chi connectivity index (χ1) is 4.58. The summed E-state index contributed by atoms with van der Waals surface area (Å²) in [6.07, 6.45) is 3.74. The molecule has 0 amide bonds. The Hall–Kier alpha value is -0.703. The lowest BCUT2D eigenvalue weighted by Gasteiger charge is -2.17. The van der Waals surface area contributed by atoms with Gasteiger partial charge < -0.3 is 9.41 Å². The molecule has 1 rings (SSSR count). The van der Waals surface area contributed by atoms with Crippen LogP contribution >= 0.6 is 0 Å². The van der Waals surface area contributed by atoms with Crippen LogP contribution in [0.1, 0.15) is 0 Å². The molecule has 2 nitrogen and oxygen atoms in total. The number of hydrogen-bond acceptors (Lipinski definition) is 1. The first-order valence-electron chi connectivity index (χ1n) is 3.40. The molecule has 0 bridgehead atoms. The molecule has 0 fully saturated rings. The maximum Gasteiger partial charge on any atom is 0.242 e. The van der Waals surface area contributed by atoms with Gasteiger partial charge >= 0.3 is 0 Å². The maximum absolute atomic E-state index is 5.65. The summed E-state index contributed by atoms with van der Waals surface area (Å²) in [6.45, 7) is 6.50. The average Bonchev–Trinajstić information content (AvgIpc) is 2.12. The molecule has 0 aliphatic carbocycles. The van der Waals surface area contributed by atoms with E-state index in [2.05, 4.69) is 24.6 Å². The Balaban J connectivity index is 2.57. The Morgan fingerprint density at radius 2 is 2.10 bits per heavy atom. The number of aromatic amines is 1. The topological polar surface area (TPSA) is 25.0 Å². The van der Waals surface area contributed by atoms with Crippen molar-refractivity contribution in [2.24, 2.45) is 0 Å². The summed E-state index contributed by atoms with van der Waals surface area (Å²) in [5.41, 5.74) is 0. The molecule has 3 heteroatoms. The van der Waals surface area contributed by atoms with E-state index >= 15 is 0 Å². The van der Waals surface area contributed by atoms with Crippen molar-refractivity contribution in [2.45, 2.75) is 19.6 Å². The summed E-state index contributed by atoms with van der Waals surface area (Å²) in [6, 6.07) is 1.94. The first-order valence-corrected chi connectivity index (χ1v) is 6.80. The molecular formula is C7H13NOSi. The van der Waals surface area contributed by atoms with E-state index in [1.807, 2.05) is 18.5 Å². The first kappa shape index (κ1) is 7.40. The van der Waals surface area contributed by atoms with E-state index in [4.69, 9.17) is 4.43 Å². The summed E-state index contributed by atoms with van der Waals surface area (Å²) < 4.78 is 5.65. The summed E-state index contributed by atoms with van der Waals surface area (Å²) >= 11 is 0. The van der Waals surface area contributed by atoms with Crippen LogP contribution in [0.2, 0.25) is 19.6 Å². The van der Waals surface area contributed by atoms with E-state index in [1.165, 1.54) is 0 Å². The second-order valence-corrected chi connectivity index (χ2v) is 7.69. The summed E-state index contributed by atoms with van der Waals surface area (Å²) in [7, 11) is -1.38.